The first-order valence-electron chi connectivity index (χ1n) is 12.5. The number of nitrogen functional groups attached to an aromatic ring is 1. The molecule has 40 heavy (non-hydrogen) atoms. The number of nitrogens with zero attached hydrogens (tertiary/aromatic N) is 2. The number of hydrogen-bond acceptors (Lipinski definition) is 8. The highest BCUT2D eigenvalue weighted by molar-refractivity contribution is 7.93. The molecule has 1 fully saturated rings. The quantitative estimate of drug-likeness (QED) is 0.210. The molecule has 2 aromatic rings. The maximum atomic E-state index is 13.2. The van der Waals surface area contributed by atoms with Crippen molar-refractivity contribution >= 4 is 55.2 Å². The molecule has 1 heterocycles. The van der Waals surface area contributed by atoms with Crippen LogP contribution in [0.1, 0.15) is 30.9 Å². The second-order valence-electron chi connectivity index (χ2n) is 9.13. The Hall–Kier alpha value is -3.13. The molecule has 3 rings (SSSR count). The molecule has 0 spiro atoms. The highest BCUT2D eigenvalue weighted by atomic mass is 35.5. The Morgan fingerprint density at radius 3 is 2.48 bits per heavy atom. The van der Waals surface area contributed by atoms with Crippen molar-refractivity contribution in [2.45, 2.75) is 25.9 Å². The molecule has 11 nitrogen and oxygen atoms in total. The third kappa shape index (κ3) is 8.68. The molecule has 0 saturated carbocycles. The van der Waals surface area contributed by atoms with Crippen LogP contribution in [0.2, 0.25) is 5.02 Å². The summed E-state index contributed by atoms with van der Waals surface area (Å²) in [5, 5.41) is 7.76. The minimum Gasteiger partial charge on any atom is -0.489 e. The van der Waals surface area contributed by atoms with E-state index in [1.165, 1.54) is 22.7 Å². The largest absolute Gasteiger partial charge is 0.489 e. The van der Waals surface area contributed by atoms with Gasteiger partial charge in [-0.05, 0) is 49.6 Å². The van der Waals surface area contributed by atoms with Crippen LogP contribution in [-0.4, -0.2) is 77.3 Å². The lowest BCUT2D eigenvalue weighted by molar-refractivity contribution is -0.139. The van der Waals surface area contributed by atoms with Crippen molar-refractivity contribution in [1.29, 1.82) is 5.41 Å². The van der Waals surface area contributed by atoms with E-state index in [-0.39, 0.29) is 35.8 Å². The molecule has 218 valence electrons. The van der Waals surface area contributed by atoms with E-state index >= 15 is 0 Å². The number of esters is 1. The van der Waals surface area contributed by atoms with Gasteiger partial charge in [-0.25, -0.2) is 21.1 Å². The Morgan fingerprint density at radius 2 is 1.88 bits per heavy atom. The molecule has 0 bridgehead atoms. The number of carbonyl (C=O) groups is 1. The Kier molecular flexibility index (Phi) is 10.6. The second kappa shape index (κ2) is 13.5. The monoisotopic (exact) mass is 612 g/mol. The number of piperidine rings is 1. The summed E-state index contributed by atoms with van der Waals surface area (Å²) in [6, 6.07) is 11.4. The van der Waals surface area contributed by atoms with Crippen molar-refractivity contribution < 1.29 is 31.1 Å². The molecule has 0 amide bonds. The van der Waals surface area contributed by atoms with Crippen molar-refractivity contribution in [3.63, 3.8) is 0 Å². The van der Waals surface area contributed by atoms with Gasteiger partial charge < -0.3 is 15.2 Å². The average molecular weight is 613 g/mol. The molecular weight excluding hydrogens is 580 g/mol. The van der Waals surface area contributed by atoms with Gasteiger partial charge in [0.05, 0.1) is 30.1 Å². The molecule has 0 radical (unpaired) electrons. The molecule has 0 atom stereocenters. The number of nitrogens with one attached hydrogen (secondary N) is 1. The predicted octanol–water partition coefficient (Wildman–Crippen LogP) is 2.84. The maximum Gasteiger partial charge on any atom is 0.323 e. The van der Waals surface area contributed by atoms with Gasteiger partial charge in [-0.2, -0.15) is 0 Å². The Labute approximate surface area is 240 Å². The Balaban J connectivity index is 1.82. The van der Waals surface area contributed by atoms with Gasteiger partial charge in [0.15, 0.2) is 5.75 Å². The average Bonchev–Trinajstić information content (AvgIpc) is 2.87. The third-order valence-corrected chi connectivity index (χ3v) is 9.32. The second-order valence-corrected chi connectivity index (χ2v) is 13.4. The molecule has 1 aliphatic heterocycles. The Bertz CT molecular complexity index is 1470. The van der Waals surface area contributed by atoms with E-state index in [0.717, 1.165) is 4.31 Å². The van der Waals surface area contributed by atoms with E-state index in [1.54, 1.807) is 49.4 Å². The summed E-state index contributed by atoms with van der Waals surface area (Å²) < 4.78 is 63.3. The summed E-state index contributed by atoms with van der Waals surface area (Å²) in [6.07, 6.45) is 5.18. The lowest BCUT2D eigenvalue weighted by Gasteiger charge is -2.31. The minimum atomic E-state index is -4.16. The molecule has 1 saturated heterocycles. The van der Waals surface area contributed by atoms with Gasteiger partial charge >= 0.3 is 5.97 Å². The maximum absolute atomic E-state index is 13.2. The van der Waals surface area contributed by atoms with Gasteiger partial charge in [0, 0.05) is 18.7 Å². The number of carbonyl (C=O) groups excluding carboxylic acids is 1. The first-order chi connectivity index (χ1) is 18.8. The Morgan fingerprint density at radius 1 is 1.18 bits per heavy atom. The molecule has 14 heteroatoms. The molecule has 1 aliphatic rings. The standard InChI is InChI=1S/C26H33ClN4O7S2/c1-3-37-25(32)18-40(35,36)31(13-5-7-19-6-4-8-20(16-19)26(28)29)21-9-10-24(23(27)17-21)38-22-11-14-30(15-12-22)39(2,33)34/h4-10,16-17,22H,3,11-15,18H2,1-2H3,(H3,28,29)/b7-5+. The SMILES string of the molecule is CCOC(=O)CS(=O)(=O)N(C/C=C/c1cccc(C(=N)N)c1)c1ccc(OC2CCN(S(C)(=O)=O)CC2)c(Cl)c1. The van der Waals surface area contributed by atoms with E-state index in [1.807, 2.05) is 0 Å². The lowest BCUT2D eigenvalue weighted by Crippen LogP contribution is -2.41. The van der Waals surface area contributed by atoms with E-state index in [9.17, 15) is 21.6 Å². The van der Waals surface area contributed by atoms with Crippen molar-refractivity contribution in [1.82, 2.24) is 4.31 Å². The number of anilines is 1. The summed E-state index contributed by atoms with van der Waals surface area (Å²) in [7, 11) is -7.43. The molecule has 0 aromatic heterocycles. The fourth-order valence-corrected chi connectivity index (χ4v) is 6.48. The third-order valence-electron chi connectivity index (χ3n) is 6.09. The van der Waals surface area contributed by atoms with Crippen molar-refractivity contribution in [2.75, 3.05) is 42.6 Å². The number of halogens is 1. The number of benzene rings is 2. The molecule has 2 aromatic carbocycles. The summed E-state index contributed by atoms with van der Waals surface area (Å²) >= 11 is 6.48. The van der Waals surface area contributed by atoms with Crippen LogP contribution >= 0.6 is 11.6 Å². The van der Waals surface area contributed by atoms with Crippen LogP contribution in [0, 0.1) is 5.41 Å². The summed E-state index contributed by atoms with van der Waals surface area (Å²) in [6.45, 7) is 2.18. The number of hydrogen-bond donors (Lipinski definition) is 2. The van der Waals surface area contributed by atoms with E-state index in [0.29, 0.717) is 42.8 Å². The highest BCUT2D eigenvalue weighted by Crippen LogP contribution is 2.33. The topological polar surface area (TPSA) is 160 Å². The van der Waals surface area contributed by atoms with E-state index in [2.05, 4.69) is 0 Å². The number of amidine groups is 1. The van der Waals surface area contributed by atoms with Crippen LogP contribution in [0.5, 0.6) is 5.75 Å². The zero-order valence-corrected chi connectivity index (χ0v) is 24.6. The molecule has 0 aliphatic carbocycles. The van der Waals surface area contributed by atoms with E-state index in [4.69, 9.17) is 32.2 Å². The molecule has 3 N–H and O–H groups in total. The summed E-state index contributed by atoms with van der Waals surface area (Å²) in [5.74, 6) is -1.49. The first-order valence-corrected chi connectivity index (χ1v) is 16.3. The fraction of sp³-hybridized carbons (Fsp3) is 0.385. The zero-order chi connectivity index (χ0) is 29.5. The normalized spacial score (nSPS) is 15.2. The number of sulfonamides is 2. The summed E-state index contributed by atoms with van der Waals surface area (Å²) in [5.41, 5.74) is 7.00. The van der Waals surface area contributed by atoms with Crippen LogP contribution in [0.3, 0.4) is 0 Å². The van der Waals surface area contributed by atoms with Crippen molar-refractivity contribution in [3.05, 3.63) is 64.7 Å². The molecular formula is C26H33ClN4O7S2. The van der Waals surface area contributed by atoms with Crippen LogP contribution in [-0.2, 0) is 29.6 Å². The van der Waals surface area contributed by atoms with Gasteiger partial charge in [0.1, 0.15) is 17.7 Å². The van der Waals surface area contributed by atoms with Crippen molar-refractivity contribution in [3.8, 4) is 5.75 Å². The van der Waals surface area contributed by atoms with Crippen LogP contribution < -0.4 is 14.8 Å². The van der Waals surface area contributed by atoms with E-state index < -0.39 is 31.8 Å². The fourth-order valence-electron chi connectivity index (χ4n) is 4.11. The van der Waals surface area contributed by atoms with Crippen molar-refractivity contribution in [2.24, 2.45) is 5.73 Å². The summed E-state index contributed by atoms with van der Waals surface area (Å²) in [4.78, 5) is 12.1. The van der Waals surface area contributed by atoms with Gasteiger partial charge in [0.2, 0.25) is 20.0 Å². The highest BCUT2D eigenvalue weighted by Gasteiger charge is 2.28. The number of rotatable bonds is 12. The first kappa shape index (κ1) is 31.4. The number of ether oxygens (including phenoxy) is 2. The smallest absolute Gasteiger partial charge is 0.323 e. The van der Waals surface area contributed by atoms with Gasteiger partial charge in [-0.15, -0.1) is 0 Å². The molecule has 0 unspecified atom stereocenters. The van der Waals surface area contributed by atoms with Gasteiger partial charge in [0.25, 0.3) is 0 Å². The van der Waals surface area contributed by atoms with Crippen LogP contribution in [0.15, 0.2) is 48.5 Å². The van der Waals surface area contributed by atoms with Crippen LogP contribution in [0.4, 0.5) is 5.69 Å². The van der Waals surface area contributed by atoms with Crippen LogP contribution in [0.25, 0.3) is 6.08 Å². The number of nitrogens with two attached hydrogens (primary N) is 1. The predicted molar refractivity (Wildman–Crippen MR) is 156 cm³/mol. The lowest BCUT2D eigenvalue weighted by atomic mass is 10.1. The van der Waals surface area contributed by atoms with Gasteiger partial charge in [-0.1, -0.05) is 42.0 Å². The zero-order valence-electron chi connectivity index (χ0n) is 22.2. The minimum absolute atomic E-state index is 0.0434. The van der Waals surface area contributed by atoms with Gasteiger partial charge in [-0.3, -0.25) is 14.5 Å².